The Kier molecular flexibility index (Phi) is 21.2. The first-order chi connectivity index (χ1) is 39.4. The van der Waals surface area contributed by atoms with Crippen LogP contribution in [0.25, 0.3) is 32.3 Å². The molecular formula is C53H53Cl4N15O8S3. The highest BCUT2D eigenvalue weighted by Gasteiger charge is 2.29. The van der Waals surface area contributed by atoms with E-state index in [1.165, 1.54) is 82.1 Å². The lowest BCUT2D eigenvalue weighted by Gasteiger charge is -2.23. The standard InChI is InChI=1S/C18H19ClN6O4S.C18H19ClN6O2S.C17H15Cl2N3O2S/c19-15-8-23-17(24-18(20)21)14-7-12(1-2-13(14)15)30(28,29)25(10-16(26)27)9-11-3-5-22-6-4-11;1-2-25(11-12-5-7-22-8-6-12)28(26,27)13-3-4-14-15(9-13)17(24-18(20)21)23-10-16(14)19;1-2-22(11-12-5-7-20-8-6-12)25(23,24)13-3-4-14-15(9-13)17(19)21-10-16(14)18/h1-8,16,26-27H,9-10H2,(H4,20,21,23,24);3-10H,2,11H2,1H3,(H4,20,21,23,24);3-10H,2,11H2,1H3. The predicted molar refractivity (Wildman–Crippen MR) is 321 cm³/mol. The molecule has 0 spiro atoms. The summed E-state index contributed by atoms with van der Waals surface area (Å²) in [6.07, 6.45) is 11.9. The second-order valence-electron chi connectivity index (χ2n) is 17.7. The third-order valence-corrected chi connectivity index (χ3v) is 19.0. The molecule has 0 aliphatic carbocycles. The first kappa shape index (κ1) is 63.3. The molecule has 0 amide bonds. The summed E-state index contributed by atoms with van der Waals surface area (Å²) in [5.41, 5.74) is 24.1. The Bertz CT molecular complexity index is 4180. The molecule has 83 heavy (non-hydrogen) atoms. The number of aliphatic hydroxyl groups excluding tert-OH is 1. The number of benzene rings is 3. The Morgan fingerprint density at radius 1 is 0.470 bits per heavy atom. The van der Waals surface area contributed by atoms with Crippen molar-refractivity contribution in [1.82, 2.24) is 42.8 Å². The molecule has 23 nitrogen and oxygen atoms in total. The van der Waals surface area contributed by atoms with Gasteiger partial charge in [-0.1, -0.05) is 78.5 Å². The van der Waals surface area contributed by atoms with Crippen molar-refractivity contribution in [1.29, 1.82) is 0 Å². The van der Waals surface area contributed by atoms with Gasteiger partial charge in [0.15, 0.2) is 29.8 Å². The van der Waals surface area contributed by atoms with Crippen LogP contribution in [-0.2, 0) is 49.7 Å². The van der Waals surface area contributed by atoms with Gasteiger partial charge in [-0.25, -0.2) is 40.2 Å². The van der Waals surface area contributed by atoms with Crippen molar-refractivity contribution in [2.24, 2.45) is 32.9 Å². The minimum Gasteiger partial charge on any atom is -0.370 e. The van der Waals surface area contributed by atoms with Crippen LogP contribution in [0.2, 0.25) is 20.2 Å². The van der Waals surface area contributed by atoms with Gasteiger partial charge in [-0.05, 0) is 89.5 Å². The number of nitrogens with two attached hydrogens (primary N) is 4. The Morgan fingerprint density at radius 3 is 1.12 bits per heavy atom. The maximum atomic E-state index is 13.3. The van der Waals surface area contributed by atoms with E-state index < -0.39 is 42.9 Å². The van der Waals surface area contributed by atoms with Crippen LogP contribution in [0, 0.1) is 0 Å². The Labute approximate surface area is 498 Å². The van der Waals surface area contributed by atoms with Crippen LogP contribution in [-0.4, -0.2) is 116 Å². The molecule has 0 unspecified atom stereocenters. The number of aliphatic hydroxyl groups is 2. The van der Waals surface area contributed by atoms with Gasteiger partial charge in [-0.3, -0.25) is 15.0 Å². The molecule has 10 N–H and O–H groups in total. The summed E-state index contributed by atoms with van der Waals surface area (Å²) in [7, 11) is -11.6. The molecule has 0 aliphatic heterocycles. The maximum Gasteiger partial charge on any atom is 0.243 e. The molecule has 0 radical (unpaired) electrons. The molecule has 9 aromatic rings. The van der Waals surface area contributed by atoms with Crippen LogP contribution < -0.4 is 22.9 Å². The molecule has 0 atom stereocenters. The Hall–Kier alpha value is -7.31. The summed E-state index contributed by atoms with van der Waals surface area (Å²) in [6, 6.07) is 23.9. The third-order valence-electron chi connectivity index (χ3n) is 12.1. The number of hydrogen-bond acceptors (Lipinski definition) is 16. The van der Waals surface area contributed by atoms with Crippen LogP contribution in [0.4, 0.5) is 11.6 Å². The fourth-order valence-electron chi connectivity index (χ4n) is 8.09. The van der Waals surface area contributed by atoms with Crippen molar-refractivity contribution in [3.8, 4) is 0 Å². The minimum atomic E-state index is -4.13. The van der Waals surface area contributed by atoms with Gasteiger partial charge in [0.1, 0.15) is 5.15 Å². The van der Waals surface area contributed by atoms with Crippen molar-refractivity contribution < 1.29 is 35.5 Å². The van der Waals surface area contributed by atoms with E-state index in [0.29, 0.717) is 66.0 Å². The van der Waals surface area contributed by atoms with Crippen LogP contribution in [0.1, 0.15) is 30.5 Å². The van der Waals surface area contributed by atoms with E-state index in [1.54, 1.807) is 87.2 Å². The Morgan fingerprint density at radius 2 is 0.783 bits per heavy atom. The van der Waals surface area contributed by atoms with Crippen LogP contribution >= 0.6 is 46.4 Å². The predicted octanol–water partition coefficient (Wildman–Crippen LogP) is 7.24. The van der Waals surface area contributed by atoms with Crippen LogP contribution in [0.3, 0.4) is 0 Å². The Balaban J connectivity index is 0.000000180. The largest absolute Gasteiger partial charge is 0.370 e. The number of sulfonamides is 3. The summed E-state index contributed by atoms with van der Waals surface area (Å²) in [5.74, 6) is -0.123. The second kappa shape index (κ2) is 27.8. The summed E-state index contributed by atoms with van der Waals surface area (Å²) in [5, 5.41) is 23.2. The quantitative estimate of drug-likeness (QED) is 0.0213. The van der Waals surface area contributed by atoms with E-state index in [2.05, 4.69) is 39.9 Å². The number of nitrogens with zero attached hydrogens (tertiary/aromatic N) is 11. The molecule has 6 aromatic heterocycles. The van der Waals surface area contributed by atoms with Gasteiger partial charge in [-0.2, -0.15) is 22.9 Å². The molecule has 30 heteroatoms. The normalized spacial score (nSPS) is 11.9. The highest BCUT2D eigenvalue weighted by Crippen LogP contribution is 2.35. The van der Waals surface area contributed by atoms with Crippen LogP contribution in [0.15, 0.2) is 171 Å². The maximum absolute atomic E-state index is 13.3. The minimum absolute atomic E-state index is 0.0882. The molecule has 0 saturated heterocycles. The number of halogens is 4. The molecular weight excluding hydrogens is 1210 g/mol. The molecule has 0 aliphatic rings. The lowest BCUT2D eigenvalue weighted by Crippen LogP contribution is -2.37. The second-order valence-corrected chi connectivity index (χ2v) is 25.1. The number of rotatable bonds is 18. The van der Waals surface area contributed by atoms with Gasteiger partial charge in [0.25, 0.3) is 0 Å². The molecule has 6 heterocycles. The highest BCUT2D eigenvalue weighted by atomic mass is 35.5. The van der Waals surface area contributed by atoms with Gasteiger partial charge in [0.2, 0.25) is 30.1 Å². The lowest BCUT2D eigenvalue weighted by atomic mass is 10.1. The lowest BCUT2D eigenvalue weighted by molar-refractivity contribution is -0.0501. The fourth-order valence-corrected chi connectivity index (χ4v) is 13.3. The average molecular weight is 1270 g/mol. The summed E-state index contributed by atoms with van der Waals surface area (Å²) in [6.45, 7) is 4.09. The molecule has 0 saturated carbocycles. The zero-order chi connectivity index (χ0) is 60.2. The van der Waals surface area contributed by atoms with E-state index in [1.807, 2.05) is 0 Å². The zero-order valence-electron chi connectivity index (χ0n) is 44.0. The van der Waals surface area contributed by atoms with E-state index in [4.69, 9.17) is 69.3 Å². The molecule has 3 aromatic carbocycles. The highest BCUT2D eigenvalue weighted by molar-refractivity contribution is 7.89. The van der Waals surface area contributed by atoms with Crippen molar-refractivity contribution in [2.75, 3.05) is 19.6 Å². The smallest absolute Gasteiger partial charge is 0.243 e. The molecule has 9 rings (SSSR count). The number of aromatic nitrogens is 6. The zero-order valence-corrected chi connectivity index (χ0v) is 49.5. The first-order valence-electron chi connectivity index (χ1n) is 24.6. The van der Waals surface area contributed by atoms with E-state index in [0.717, 1.165) is 15.4 Å². The first-order valence-corrected chi connectivity index (χ1v) is 30.4. The number of aliphatic imine (C=N–C) groups is 2. The van der Waals surface area contributed by atoms with Crippen molar-refractivity contribution >= 4 is 132 Å². The fraction of sp³-hybridized carbons (Fsp3) is 0.170. The number of fused-ring (bicyclic) bond motifs is 3. The SMILES string of the molecule is CCN(Cc1ccncc1)S(=O)(=O)c1ccc2c(Cl)cnc(Cl)c2c1.CCN(Cc1ccncc1)S(=O)(=O)c1ccc2c(Cl)cnc(N=C(N)N)c2c1.NC(N)=Nc1ncc(Cl)c2ccc(S(=O)(=O)N(Cc3ccncc3)CC(O)O)cc12. The molecule has 0 bridgehead atoms. The molecule has 0 fully saturated rings. The van der Waals surface area contributed by atoms with Crippen molar-refractivity contribution in [2.45, 2.75) is 54.5 Å². The number of hydrogen-bond donors (Lipinski definition) is 6. The summed E-state index contributed by atoms with van der Waals surface area (Å²) < 4.78 is 82.7. The van der Waals surface area contributed by atoms with Gasteiger partial charge in [-0.15, -0.1) is 0 Å². The van der Waals surface area contributed by atoms with E-state index in [9.17, 15) is 35.5 Å². The molecule has 434 valence electrons. The topological polar surface area (TPSA) is 359 Å². The van der Waals surface area contributed by atoms with Crippen molar-refractivity contribution in [3.63, 3.8) is 0 Å². The van der Waals surface area contributed by atoms with Crippen molar-refractivity contribution in [3.05, 3.63) is 184 Å². The third kappa shape index (κ3) is 15.7. The summed E-state index contributed by atoms with van der Waals surface area (Å²) >= 11 is 24.6. The van der Waals surface area contributed by atoms with Gasteiger partial charge in [0, 0.05) is 121 Å². The van der Waals surface area contributed by atoms with Gasteiger partial charge < -0.3 is 33.1 Å². The van der Waals surface area contributed by atoms with Gasteiger partial charge >= 0.3 is 0 Å². The number of guanidine groups is 2. The number of pyridine rings is 6. The van der Waals surface area contributed by atoms with Crippen LogP contribution in [0.5, 0.6) is 0 Å². The van der Waals surface area contributed by atoms with Gasteiger partial charge in [0.05, 0.1) is 36.3 Å². The van der Waals surface area contributed by atoms with E-state index >= 15 is 0 Å². The average Bonchev–Trinajstić information content (AvgIpc) is 3.66. The summed E-state index contributed by atoms with van der Waals surface area (Å²) in [4.78, 5) is 32.0. The van der Waals surface area contributed by atoms with E-state index in [-0.39, 0.29) is 63.0 Å². The monoisotopic (exact) mass is 1260 g/mol.